The maximum Gasteiger partial charge on any atom is 0.160 e. The highest BCUT2D eigenvalue weighted by molar-refractivity contribution is 6.14. The van der Waals surface area contributed by atoms with Crippen molar-refractivity contribution in [2.45, 2.75) is 44.4 Å². The number of hydrogen-bond donors (Lipinski definition) is 0. The molecular weight excluding hydrogens is 719 g/mol. The van der Waals surface area contributed by atoms with E-state index in [2.05, 4.69) is 176 Å². The minimum Gasteiger partial charge on any atom is -0.456 e. The summed E-state index contributed by atoms with van der Waals surface area (Å²) in [6.45, 7) is 4.73. The number of benzene rings is 6. The third-order valence-corrected chi connectivity index (χ3v) is 13.0. The number of fused-ring (bicyclic) bond motifs is 9. The lowest BCUT2D eigenvalue weighted by Gasteiger charge is -2.22. The average molecular weight is 760 g/mol. The van der Waals surface area contributed by atoms with E-state index in [1.165, 1.54) is 60.7 Å². The predicted molar refractivity (Wildman–Crippen MR) is 244 cm³/mol. The number of furan rings is 1. The third kappa shape index (κ3) is 5.36. The van der Waals surface area contributed by atoms with Crippen LogP contribution in [0.25, 0.3) is 94.3 Å². The van der Waals surface area contributed by atoms with E-state index in [0.29, 0.717) is 0 Å². The van der Waals surface area contributed by atoms with Crippen LogP contribution < -0.4 is 0 Å². The molecule has 3 heterocycles. The second-order valence-corrected chi connectivity index (χ2v) is 16.8. The maximum absolute atomic E-state index is 6.40. The third-order valence-electron chi connectivity index (χ3n) is 13.0. The summed E-state index contributed by atoms with van der Waals surface area (Å²) >= 11 is 0. The summed E-state index contributed by atoms with van der Waals surface area (Å²) in [5.41, 5.74) is 17.3. The average Bonchev–Trinajstić information content (AvgIpc) is 3.90. The topological polar surface area (TPSA) is 43.9 Å². The molecular formula is C55H41N3O. The summed E-state index contributed by atoms with van der Waals surface area (Å²) in [5.74, 6) is 0.979. The van der Waals surface area contributed by atoms with Gasteiger partial charge in [-0.2, -0.15) is 0 Å². The van der Waals surface area contributed by atoms with E-state index in [1.807, 2.05) is 12.1 Å². The van der Waals surface area contributed by atoms with Crippen LogP contribution in [0.15, 0.2) is 174 Å². The minimum absolute atomic E-state index is 0.184. The first-order chi connectivity index (χ1) is 29.0. The fraction of sp³-hybridized carbons (Fsp3) is 0.127. The van der Waals surface area contributed by atoms with Crippen LogP contribution in [0, 0.1) is 0 Å². The Morgan fingerprint density at radius 1 is 0.593 bits per heavy atom. The van der Waals surface area contributed by atoms with Gasteiger partial charge in [-0.1, -0.05) is 129 Å². The molecule has 0 spiro atoms. The first-order valence-electron chi connectivity index (χ1n) is 20.8. The molecule has 0 saturated heterocycles. The molecule has 4 heteroatoms. The molecule has 1 atom stereocenters. The quantitative estimate of drug-likeness (QED) is 0.175. The van der Waals surface area contributed by atoms with Crippen LogP contribution in [0.5, 0.6) is 0 Å². The Bertz CT molecular complexity index is 3320. The van der Waals surface area contributed by atoms with Crippen LogP contribution in [-0.2, 0) is 5.41 Å². The zero-order valence-corrected chi connectivity index (χ0v) is 33.1. The van der Waals surface area contributed by atoms with Gasteiger partial charge in [-0.3, -0.25) is 0 Å². The van der Waals surface area contributed by atoms with Gasteiger partial charge in [0.1, 0.15) is 11.2 Å². The van der Waals surface area contributed by atoms with Gasteiger partial charge in [0.15, 0.2) is 5.82 Å². The van der Waals surface area contributed by atoms with Crippen molar-refractivity contribution in [3.05, 3.63) is 187 Å². The smallest absolute Gasteiger partial charge is 0.160 e. The van der Waals surface area contributed by atoms with Gasteiger partial charge in [0.25, 0.3) is 0 Å². The number of hydrogen-bond acceptors (Lipinski definition) is 3. The lowest BCUT2D eigenvalue weighted by molar-refractivity contribution is 0.647. The van der Waals surface area contributed by atoms with Crippen molar-refractivity contribution in [1.82, 2.24) is 14.5 Å². The molecule has 3 aliphatic rings. The molecule has 0 saturated carbocycles. The van der Waals surface area contributed by atoms with Gasteiger partial charge >= 0.3 is 0 Å². The molecule has 282 valence electrons. The summed E-state index contributed by atoms with van der Waals surface area (Å²) in [6.07, 6.45) is 18.5. The van der Waals surface area contributed by atoms with Crippen molar-refractivity contribution < 1.29 is 4.42 Å². The van der Waals surface area contributed by atoms with Crippen molar-refractivity contribution in [2.75, 3.05) is 0 Å². The molecule has 6 aromatic carbocycles. The predicted octanol–water partition coefficient (Wildman–Crippen LogP) is 14.6. The van der Waals surface area contributed by atoms with Gasteiger partial charge < -0.3 is 8.98 Å². The zero-order valence-electron chi connectivity index (χ0n) is 33.1. The highest BCUT2D eigenvalue weighted by Gasteiger charge is 2.37. The number of aromatic nitrogens is 3. The Morgan fingerprint density at radius 3 is 2.17 bits per heavy atom. The standard InChI is InChI=1S/C55H41N3O/c1-55(2)46-31-51-44(29-41(46)42-30-45-40-20-12-13-21-52(40)59-53(45)32-47(42)55)43-28-38(26-27-50(43)58(51)39-18-10-5-11-19-39)34-22-24-37(25-23-34)54-56-48(35-14-6-3-7-15-35)33-49(57-54)36-16-8-4-9-17-36/h3-10,12-16,18,20-33,36H,11,17,19H2,1-2H3. The molecule has 0 amide bonds. The van der Waals surface area contributed by atoms with Gasteiger partial charge in [-0.15, -0.1) is 0 Å². The normalized spacial score (nSPS) is 16.6. The molecule has 3 aliphatic carbocycles. The van der Waals surface area contributed by atoms with E-state index >= 15 is 0 Å². The monoisotopic (exact) mass is 759 g/mol. The van der Waals surface area contributed by atoms with E-state index in [4.69, 9.17) is 14.4 Å². The second kappa shape index (κ2) is 13.0. The number of allylic oxidation sites excluding steroid dienone is 8. The lowest BCUT2D eigenvalue weighted by atomic mass is 9.82. The van der Waals surface area contributed by atoms with Crippen LogP contribution in [0.2, 0.25) is 0 Å². The molecule has 0 bridgehead atoms. The van der Waals surface area contributed by atoms with Gasteiger partial charge in [0, 0.05) is 49.7 Å². The highest BCUT2D eigenvalue weighted by Crippen LogP contribution is 2.53. The summed E-state index contributed by atoms with van der Waals surface area (Å²) in [7, 11) is 0. The molecule has 0 aliphatic heterocycles. The van der Waals surface area contributed by atoms with E-state index in [1.54, 1.807) is 0 Å². The molecule has 0 radical (unpaired) electrons. The SMILES string of the molecule is CC1(C)c2cc3oc4ccccc4c3cc2-c2cc3c4cc(-c5ccc(-c6nc(-c7ccccc7)cc(C7C=CC=CC7)n6)cc5)ccc4n(C4=CC=CCC4)c3cc21. The fourth-order valence-electron chi connectivity index (χ4n) is 9.88. The first-order valence-corrected chi connectivity index (χ1v) is 20.8. The lowest BCUT2D eigenvalue weighted by Crippen LogP contribution is -2.15. The molecule has 9 aromatic rings. The van der Waals surface area contributed by atoms with Gasteiger partial charge in [-0.05, 0) is 107 Å². The van der Waals surface area contributed by atoms with E-state index in [0.717, 1.165) is 69.7 Å². The van der Waals surface area contributed by atoms with Crippen LogP contribution in [0.3, 0.4) is 0 Å². The highest BCUT2D eigenvalue weighted by atomic mass is 16.3. The molecule has 0 fully saturated rings. The molecule has 1 unspecified atom stereocenters. The summed E-state index contributed by atoms with van der Waals surface area (Å²) in [4.78, 5) is 10.3. The van der Waals surface area contributed by atoms with E-state index < -0.39 is 0 Å². The Hall–Kier alpha value is -7.04. The van der Waals surface area contributed by atoms with Crippen molar-refractivity contribution in [3.63, 3.8) is 0 Å². The van der Waals surface area contributed by atoms with Crippen LogP contribution in [0.4, 0.5) is 0 Å². The molecule has 0 N–H and O–H groups in total. The Labute approximate surface area is 343 Å². The summed E-state index contributed by atoms with van der Waals surface area (Å²) in [6, 6.07) is 46.4. The Balaban J connectivity index is 0.996. The first kappa shape index (κ1) is 34.0. The molecule has 4 nitrogen and oxygen atoms in total. The number of para-hydroxylation sites is 1. The molecule has 12 rings (SSSR count). The van der Waals surface area contributed by atoms with E-state index in [-0.39, 0.29) is 11.3 Å². The zero-order chi connectivity index (χ0) is 39.2. The number of nitrogens with zero attached hydrogens (tertiary/aromatic N) is 3. The fourth-order valence-corrected chi connectivity index (χ4v) is 9.88. The largest absolute Gasteiger partial charge is 0.456 e. The maximum atomic E-state index is 6.40. The van der Waals surface area contributed by atoms with E-state index in [9.17, 15) is 0 Å². The van der Waals surface area contributed by atoms with Crippen molar-refractivity contribution in [3.8, 4) is 44.9 Å². The van der Waals surface area contributed by atoms with Crippen molar-refractivity contribution >= 4 is 49.4 Å². The summed E-state index contributed by atoms with van der Waals surface area (Å²) in [5, 5.41) is 4.88. The summed E-state index contributed by atoms with van der Waals surface area (Å²) < 4.78 is 8.92. The van der Waals surface area contributed by atoms with Crippen LogP contribution in [-0.4, -0.2) is 14.5 Å². The van der Waals surface area contributed by atoms with Gasteiger partial charge in [0.2, 0.25) is 0 Å². The Morgan fingerprint density at radius 2 is 1.36 bits per heavy atom. The number of rotatable bonds is 5. The van der Waals surface area contributed by atoms with Gasteiger partial charge in [-0.25, -0.2) is 9.97 Å². The van der Waals surface area contributed by atoms with Crippen molar-refractivity contribution in [2.24, 2.45) is 0 Å². The van der Waals surface area contributed by atoms with Crippen LogP contribution in [0.1, 0.15) is 55.8 Å². The van der Waals surface area contributed by atoms with Gasteiger partial charge in [0.05, 0.1) is 22.4 Å². The molecule has 3 aromatic heterocycles. The molecule has 59 heavy (non-hydrogen) atoms. The minimum atomic E-state index is -0.184. The second-order valence-electron chi connectivity index (χ2n) is 16.8. The Kier molecular flexibility index (Phi) is 7.49. The van der Waals surface area contributed by atoms with Crippen molar-refractivity contribution in [1.29, 1.82) is 0 Å². The van der Waals surface area contributed by atoms with Crippen LogP contribution >= 0.6 is 0 Å².